The number of rotatable bonds is 7. The maximum Gasteiger partial charge on any atom is 0.228 e. The van der Waals surface area contributed by atoms with Crippen LogP contribution in [0.15, 0.2) is 4.52 Å². The number of hydrogen-bond donors (Lipinski definition) is 1. The Kier molecular flexibility index (Phi) is 4.08. The molecule has 5 heteroatoms. The maximum atomic E-state index is 5.77. The average molecular weight is 279 g/mol. The second kappa shape index (κ2) is 5.82. The first-order valence-corrected chi connectivity index (χ1v) is 7.91. The van der Waals surface area contributed by atoms with E-state index in [4.69, 9.17) is 9.26 Å². The third-order valence-corrected chi connectivity index (χ3v) is 4.40. The molecule has 0 radical (unpaired) electrons. The molecule has 112 valence electrons. The molecular formula is C15H25N3O2. The highest BCUT2D eigenvalue weighted by Gasteiger charge is 2.37. The largest absolute Gasteiger partial charge is 0.367 e. The first-order chi connectivity index (χ1) is 9.71. The number of nitrogens with one attached hydrogen (secondary N) is 1. The minimum absolute atomic E-state index is 0.340. The van der Waals surface area contributed by atoms with Crippen LogP contribution in [0, 0.1) is 5.92 Å². The van der Waals surface area contributed by atoms with Crippen molar-refractivity contribution in [1.29, 1.82) is 0 Å². The van der Waals surface area contributed by atoms with E-state index in [0.29, 0.717) is 6.04 Å². The quantitative estimate of drug-likeness (QED) is 0.830. The van der Waals surface area contributed by atoms with E-state index in [9.17, 15) is 0 Å². The minimum Gasteiger partial charge on any atom is -0.367 e. The fourth-order valence-electron chi connectivity index (χ4n) is 2.93. The fourth-order valence-corrected chi connectivity index (χ4v) is 2.93. The lowest BCUT2D eigenvalue weighted by molar-refractivity contribution is 0.00768. The lowest BCUT2D eigenvalue weighted by atomic mass is 10.0. The van der Waals surface area contributed by atoms with Gasteiger partial charge in [-0.3, -0.25) is 0 Å². The van der Waals surface area contributed by atoms with Crippen LogP contribution in [-0.2, 0) is 16.8 Å². The van der Waals surface area contributed by atoms with Crippen molar-refractivity contribution in [2.75, 3.05) is 13.2 Å². The Labute approximate surface area is 120 Å². The summed E-state index contributed by atoms with van der Waals surface area (Å²) in [4.78, 5) is 4.58. The molecule has 1 aliphatic heterocycles. The first kappa shape index (κ1) is 14.0. The van der Waals surface area contributed by atoms with Crippen LogP contribution < -0.4 is 5.32 Å². The minimum atomic E-state index is -0.340. The van der Waals surface area contributed by atoms with Gasteiger partial charge >= 0.3 is 0 Å². The Morgan fingerprint density at radius 3 is 2.95 bits per heavy atom. The molecule has 1 aliphatic carbocycles. The van der Waals surface area contributed by atoms with Crippen molar-refractivity contribution in [3.8, 4) is 0 Å². The normalized spacial score (nSPS) is 27.9. The van der Waals surface area contributed by atoms with Crippen LogP contribution in [0.25, 0.3) is 0 Å². The first-order valence-electron chi connectivity index (χ1n) is 7.91. The predicted molar refractivity (Wildman–Crippen MR) is 75.3 cm³/mol. The molecule has 1 saturated carbocycles. The topological polar surface area (TPSA) is 60.2 Å². The van der Waals surface area contributed by atoms with Crippen LogP contribution in [0.1, 0.15) is 57.7 Å². The van der Waals surface area contributed by atoms with Gasteiger partial charge in [0.05, 0.1) is 0 Å². The van der Waals surface area contributed by atoms with Crippen LogP contribution in [-0.4, -0.2) is 29.3 Å². The summed E-state index contributed by atoms with van der Waals surface area (Å²) in [5, 5.41) is 7.75. The molecule has 1 aromatic rings. The van der Waals surface area contributed by atoms with Gasteiger partial charge in [-0.15, -0.1) is 0 Å². The third-order valence-electron chi connectivity index (χ3n) is 4.40. The Morgan fingerprint density at radius 2 is 2.30 bits per heavy atom. The molecule has 1 saturated heterocycles. The monoisotopic (exact) mass is 279 g/mol. The summed E-state index contributed by atoms with van der Waals surface area (Å²) in [6.07, 6.45) is 6.69. The predicted octanol–water partition coefficient (Wildman–Crippen LogP) is 2.42. The zero-order valence-corrected chi connectivity index (χ0v) is 12.5. The molecule has 0 bridgehead atoms. The van der Waals surface area contributed by atoms with E-state index in [1.165, 1.54) is 12.8 Å². The van der Waals surface area contributed by atoms with Gasteiger partial charge in [0.1, 0.15) is 5.60 Å². The van der Waals surface area contributed by atoms with Gasteiger partial charge in [0.2, 0.25) is 11.7 Å². The number of aromatic nitrogens is 2. The Balaban J connectivity index is 1.63. The second-order valence-corrected chi connectivity index (χ2v) is 6.30. The lowest BCUT2D eigenvalue weighted by Crippen LogP contribution is -2.33. The van der Waals surface area contributed by atoms with Crippen LogP contribution in [0.2, 0.25) is 0 Å². The molecule has 0 aromatic carbocycles. The Hall–Kier alpha value is -0.940. The van der Waals surface area contributed by atoms with Crippen molar-refractivity contribution >= 4 is 0 Å². The zero-order valence-electron chi connectivity index (χ0n) is 12.5. The van der Waals surface area contributed by atoms with Crippen LogP contribution >= 0.6 is 0 Å². The van der Waals surface area contributed by atoms with Crippen molar-refractivity contribution in [2.45, 2.75) is 64.0 Å². The highest BCUT2D eigenvalue weighted by Crippen LogP contribution is 2.35. The van der Waals surface area contributed by atoms with Gasteiger partial charge in [-0.1, -0.05) is 12.1 Å². The molecule has 0 spiro atoms. The maximum absolute atomic E-state index is 5.77. The lowest BCUT2D eigenvalue weighted by Gasteiger charge is -2.18. The Bertz CT molecular complexity index is 436. The van der Waals surface area contributed by atoms with Gasteiger partial charge in [0.25, 0.3) is 0 Å². The zero-order chi connectivity index (χ0) is 14.0. The molecule has 2 fully saturated rings. The number of hydrogen-bond acceptors (Lipinski definition) is 5. The Morgan fingerprint density at radius 1 is 1.45 bits per heavy atom. The molecule has 3 rings (SSSR count). The fraction of sp³-hybridized carbons (Fsp3) is 0.867. The van der Waals surface area contributed by atoms with Crippen molar-refractivity contribution in [3.63, 3.8) is 0 Å². The van der Waals surface area contributed by atoms with E-state index in [1.54, 1.807) is 0 Å². The molecule has 1 aromatic heterocycles. The van der Waals surface area contributed by atoms with Gasteiger partial charge < -0.3 is 14.6 Å². The van der Waals surface area contributed by atoms with Gasteiger partial charge in [0, 0.05) is 19.1 Å². The standard InChI is InChI=1S/C15H25N3O2/c1-3-8-16-12(11-5-6-11)10-13-17-14(18-20-13)15(2)7-4-9-19-15/h11-12,16H,3-10H2,1-2H3. The number of ether oxygens (including phenoxy) is 1. The molecule has 2 unspecified atom stereocenters. The highest BCUT2D eigenvalue weighted by atomic mass is 16.5. The summed E-state index contributed by atoms with van der Waals surface area (Å²) in [7, 11) is 0. The average Bonchev–Trinajstić information content (AvgIpc) is 3.01. The summed E-state index contributed by atoms with van der Waals surface area (Å²) >= 11 is 0. The van der Waals surface area contributed by atoms with Crippen LogP contribution in [0.4, 0.5) is 0 Å². The molecular weight excluding hydrogens is 254 g/mol. The van der Waals surface area contributed by atoms with Crippen molar-refractivity contribution < 1.29 is 9.26 Å². The molecule has 20 heavy (non-hydrogen) atoms. The highest BCUT2D eigenvalue weighted by molar-refractivity contribution is 5.03. The molecule has 5 nitrogen and oxygen atoms in total. The van der Waals surface area contributed by atoms with E-state index in [1.807, 2.05) is 0 Å². The molecule has 2 heterocycles. The van der Waals surface area contributed by atoms with Crippen molar-refractivity contribution in [1.82, 2.24) is 15.5 Å². The van der Waals surface area contributed by atoms with E-state index < -0.39 is 0 Å². The summed E-state index contributed by atoms with van der Waals surface area (Å²) in [6.45, 7) is 6.11. The molecule has 0 amide bonds. The van der Waals surface area contributed by atoms with Crippen LogP contribution in [0.5, 0.6) is 0 Å². The number of nitrogens with zero attached hydrogens (tertiary/aromatic N) is 2. The SMILES string of the molecule is CCCNC(Cc1nc(C2(C)CCCO2)no1)C1CC1. The van der Waals surface area contributed by atoms with E-state index in [2.05, 4.69) is 29.3 Å². The van der Waals surface area contributed by atoms with Crippen molar-refractivity contribution in [3.05, 3.63) is 11.7 Å². The summed E-state index contributed by atoms with van der Waals surface area (Å²) in [5.41, 5.74) is -0.340. The van der Waals surface area contributed by atoms with Gasteiger partial charge in [0.15, 0.2) is 0 Å². The summed E-state index contributed by atoms with van der Waals surface area (Å²) in [5.74, 6) is 2.25. The summed E-state index contributed by atoms with van der Waals surface area (Å²) in [6, 6.07) is 0.487. The molecule has 2 aliphatic rings. The van der Waals surface area contributed by atoms with E-state index >= 15 is 0 Å². The van der Waals surface area contributed by atoms with Crippen molar-refractivity contribution in [2.24, 2.45) is 5.92 Å². The van der Waals surface area contributed by atoms with Gasteiger partial charge in [-0.2, -0.15) is 4.98 Å². The van der Waals surface area contributed by atoms with Crippen LogP contribution in [0.3, 0.4) is 0 Å². The second-order valence-electron chi connectivity index (χ2n) is 6.30. The van der Waals surface area contributed by atoms with Gasteiger partial charge in [-0.05, 0) is 51.5 Å². The van der Waals surface area contributed by atoms with Gasteiger partial charge in [-0.25, -0.2) is 0 Å². The van der Waals surface area contributed by atoms with E-state index in [0.717, 1.165) is 56.5 Å². The van der Waals surface area contributed by atoms with E-state index in [-0.39, 0.29) is 5.60 Å². The summed E-state index contributed by atoms with van der Waals surface area (Å²) < 4.78 is 11.2. The third kappa shape index (κ3) is 3.04. The molecule has 1 N–H and O–H groups in total. The molecule has 2 atom stereocenters. The smallest absolute Gasteiger partial charge is 0.228 e.